The highest BCUT2D eigenvalue weighted by atomic mass is 32.2. The van der Waals surface area contributed by atoms with Crippen LogP contribution in [0.4, 0.5) is 10.6 Å². The van der Waals surface area contributed by atoms with Crippen molar-refractivity contribution in [1.29, 1.82) is 0 Å². The number of hydrogen-bond donors (Lipinski definition) is 4. The number of aryl methyl sites for hydroxylation is 1. The van der Waals surface area contributed by atoms with E-state index in [1.165, 1.54) is 17.9 Å². The van der Waals surface area contributed by atoms with Crippen molar-refractivity contribution >= 4 is 21.9 Å². The first-order valence-corrected chi connectivity index (χ1v) is 6.12. The van der Waals surface area contributed by atoms with Gasteiger partial charge in [-0.1, -0.05) is 0 Å². The molecule has 1 aromatic rings. The maximum atomic E-state index is 11.8. The van der Waals surface area contributed by atoms with Crippen LogP contribution in [0.2, 0.25) is 0 Å². The molecule has 0 radical (unpaired) electrons. The van der Waals surface area contributed by atoms with Gasteiger partial charge in [0.15, 0.2) is 10.8 Å². The quantitative estimate of drug-likeness (QED) is 0.451. The number of urea groups is 1. The minimum atomic E-state index is -3.74. The molecule has 9 nitrogen and oxygen atoms in total. The summed E-state index contributed by atoms with van der Waals surface area (Å²) in [5, 5.41) is 2.14. The van der Waals surface area contributed by atoms with Crippen LogP contribution in [0, 0.1) is 0 Å². The zero-order valence-electron chi connectivity index (χ0n) is 9.17. The van der Waals surface area contributed by atoms with Crippen molar-refractivity contribution in [1.82, 2.24) is 19.6 Å². The van der Waals surface area contributed by atoms with Gasteiger partial charge in [-0.25, -0.2) is 22.9 Å². The van der Waals surface area contributed by atoms with Crippen molar-refractivity contribution in [2.75, 3.05) is 18.8 Å². The topological polar surface area (TPSA) is 145 Å². The normalized spacial score (nSPS) is 11.4. The monoisotopic (exact) mass is 262 g/mol. The highest BCUT2D eigenvalue weighted by molar-refractivity contribution is 7.89. The summed E-state index contributed by atoms with van der Waals surface area (Å²) in [4.78, 5) is 14.0. The van der Waals surface area contributed by atoms with Crippen LogP contribution in [0.3, 0.4) is 0 Å². The Kier molecular flexibility index (Phi) is 3.91. The largest absolute Gasteiger partial charge is 0.381 e. The second kappa shape index (κ2) is 5.01. The number of nitrogens with zero attached hydrogens (tertiary/aromatic N) is 2. The highest BCUT2D eigenvalue weighted by Gasteiger charge is 2.21. The van der Waals surface area contributed by atoms with Gasteiger partial charge in [0, 0.05) is 20.1 Å². The summed E-state index contributed by atoms with van der Waals surface area (Å²) in [6.07, 6.45) is 1.30. The zero-order chi connectivity index (χ0) is 13.1. The molecule has 0 aliphatic carbocycles. The smallest absolute Gasteiger partial charge is 0.312 e. The van der Waals surface area contributed by atoms with E-state index in [4.69, 9.17) is 11.5 Å². The van der Waals surface area contributed by atoms with Gasteiger partial charge in [0.25, 0.3) is 10.0 Å². The summed E-state index contributed by atoms with van der Waals surface area (Å²) in [6, 6.07) is -0.718. The lowest BCUT2D eigenvalue weighted by Gasteiger charge is -2.07. The lowest BCUT2D eigenvalue weighted by Crippen LogP contribution is -2.37. The molecule has 1 rings (SSSR count). The number of nitrogens with two attached hydrogens (primary N) is 2. The molecule has 17 heavy (non-hydrogen) atoms. The van der Waals surface area contributed by atoms with Gasteiger partial charge in [0.05, 0.1) is 6.33 Å². The van der Waals surface area contributed by atoms with Crippen molar-refractivity contribution in [3.63, 3.8) is 0 Å². The molecule has 6 N–H and O–H groups in total. The number of rotatable bonds is 5. The molecule has 0 unspecified atom stereocenters. The van der Waals surface area contributed by atoms with Crippen molar-refractivity contribution in [3.8, 4) is 0 Å². The van der Waals surface area contributed by atoms with Gasteiger partial charge in [0.1, 0.15) is 0 Å². The molecule has 0 aliphatic rings. The standard InChI is InChI=1S/C7H14N6O3S/c1-13-4-11-5(8)6(13)17(15,16)12-3-2-10-7(9)14/h4,12H,2-3,8H2,1H3,(H3,9,10,14). The Morgan fingerprint density at radius 2 is 2.18 bits per heavy atom. The predicted octanol–water partition coefficient (Wildman–Crippen LogP) is -2.05. The van der Waals surface area contributed by atoms with E-state index in [0.717, 1.165) is 0 Å². The summed E-state index contributed by atoms with van der Waals surface area (Å²) in [7, 11) is -2.23. The molecular formula is C7H14N6O3S. The summed E-state index contributed by atoms with van der Waals surface area (Å²) < 4.78 is 27.1. The molecule has 0 fully saturated rings. The average molecular weight is 262 g/mol. The number of nitrogens with one attached hydrogen (secondary N) is 2. The number of aromatic nitrogens is 2. The van der Waals surface area contributed by atoms with Gasteiger partial charge in [-0.05, 0) is 0 Å². The number of amides is 2. The molecule has 10 heteroatoms. The number of imidazole rings is 1. The number of hydrogen-bond acceptors (Lipinski definition) is 5. The van der Waals surface area contributed by atoms with Crippen molar-refractivity contribution in [2.24, 2.45) is 12.8 Å². The maximum absolute atomic E-state index is 11.8. The second-order valence-electron chi connectivity index (χ2n) is 3.23. The van der Waals surface area contributed by atoms with E-state index >= 15 is 0 Å². The molecule has 0 aliphatic heterocycles. The van der Waals surface area contributed by atoms with Crippen LogP contribution in [0.25, 0.3) is 0 Å². The first-order valence-electron chi connectivity index (χ1n) is 4.64. The van der Waals surface area contributed by atoms with Gasteiger partial charge in [0.2, 0.25) is 0 Å². The minimum Gasteiger partial charge on any atom is -0.381 e. The lowest BCUT2D eigenvalue weighted by molar-refractivity contribution is 0.249. The van der Waals surface area contributed by atoms with Gasteiger partial charge >= 0.3 is 6.03 Å². The van der Waals surface area contributed by atoms with Crippen LogP contribution in [-0.4, -0.2) is 37.1 Å². The Morgan fingerprint density at radius 1 is 1.53 bits per heavy atom. The number of primary amides is 1. The van der Waals surface area contributed by atoms with E-state index in [1.54, 1.807) is 0 Å². The van der Waals surface area contributed by atoms with Gasteiger partial charge < -0.3 is 21.4 Å². The van der Waals surface area contributed by atoms with E-state index in [1.807, 2.05) is 0 Å². The lowest BCUT2D eigenvalue weighted by atomic mass is 10.6. The molecule has 0 saturated carbocycles. The molecule has 1 heterocycles. The summed E-state index contributed by atoms with van der Waals surface area (Å²) in [6.45, 7) is 0.0994. The van der Waals surface area contributed by atoms with Crippen LogP contribution in [-0.2, 0) is 17.1 Å². The van der Waals surface area contributed by atoms with Crippen LogP contribution in [0.5, 0.6) is 0 Å². The Labute approximate surface area is 98.2 Å². The van der Waals surface area contributed by atoms with Crippen LogP contribution in [0.1, 0.15) is 0 Å². The fraction of sp³-hybridized carbons (Fsp3) is 0.429. The molecule has 0 spiro atoms. The van der Waals surface area contributed by atoms with Gasteiger partial charge in [-0.3, -0.25) is 0 Å². The number of nitrogen functional groups attached to an aromatic ring is 1. The molecule has 0 aromatic carbocycles. The zero-order valence-corrected chi connectivity index (χ0v) is 9.99. The Hall–Kier alpha value is -1.81. The van der Waals surface area contributed by atoms with Crippen molar-refractivity contribution < 1.29 is 13.2 Å². The molecule has 2 amide bonds. The molecule has 0 saturated heterocycles. The van der Waals surface area contributed by atoms with E-state index in [9.17, 15) is 13.2 Å². The third-order valence-corrected chi connectivity index (χ3v) is 3.47. The molecule has 0 atom stereocenters. The average Bonchev–Trinajstić information content (AvgIpc) is 2.53. The molecule has 1 aromatic heterocycles. The SMILES string of the molecule is Cn1cnc(N)c1S(=O)(=O)NCCNC(N)=O. The first kappa shape index (κ1) is 13.3. The third-order valence-electron chi connectivity index (χ3n) is 1.88. The summed E-state index contributed by atoms with van der Waals surface area (Å²) in [5.41, 5.74) is 10.3. The van der Waals surface area contributed by atoms with E-state index in [0.29, 0.717) is 0 Å². The fourth-order valence-electron chi connectivity index (χ4n) is 1.20. The number of sulfonamides is 1. The van der Waals surface area contributed by atoms with E-state index in [-0.39, 0.29) is 23.9 Å². The number of carbonyl (C=O) groups excluding carboxylic acids is 1. The predicted molar refractivity (Wildman–Crippen MR) is 60.4 cm³/mol. The third kappa shape index (κ3) is 3.32. The molecular weight excluding hydrogens is 248 g/mol. The second-order valence-corrected chi connectivity index (χ2v) is 4.92. The van der Waals surface area contributed by atoms with E-state index in [2.05, 4.69) is 15.0 Å². The Bertz CT molecular complexity index is 488. The molecule has 0 bridgehead atoms. The van der Waals surface area contributed by atoms with Gasteiger partial charge in [-0.15, -0.1) is 0 Å². The Morgan fingerprint density at radius 3 is 2.65 bits per heavy atom. The van der Waals surface area contributed by atoms with Crippen LogP contribution >= 0.6 is 0 Å². The van der Waals surface area contributed by atoms with Crippen LogP contribution < -0.4 is 21.5 Å². The van der Waals surface area contributed by atoms with Crippen molar-refractivity contribution in [2.45, 2.75) is 5.03 Å². The number of anilines is 1. The number of carbonyl (C=O) groups is 1. The molecule has 96 valence electrons. The minimum absolute atomic E-state index is 0.00981. The summed E-state index contributed by atoms with van der Waals surface area (Å²) >= 11 is 0. The summed E-state index contributed by atoms with van der Waals surface area (Å²) in [5.74, 6) is -0.0807. The van der Waals surface area contributed by atoms with E-state index < -0.39 is 16.1 Å². The van der Waals surface area contributed by atoms with Gasteiger partial charge in [-0.2, -0.15) is 0 Å². The fourth-order valence-corrected chi connectivity index (χ4v) is 2.47. The highest BCUT2D eigenvalue weighted by Crippen LogP contribution is 2.14. The van der Waals surface area contributed by atoms with Crippen molar-refractivity contribution in [3.05, 3.63) is 6.33 Å². The first-order chi connectivity index (χ1) is 7.84. The Balaban J connectivity index is 2.67. The van der Waals surface area contributed by atoms with Crippen LogP contribution in [0.15, 0.2) is 11.4 Å². The maximum Gasteiger partial charge on any atom is 0.312 e.